The first-order valence-corrected chi connectivity index (χ1v) is 10.6. The number of aromatic nitrogens is 3. The predicted molar refractivity (Wildman–Crippen MR) is 110 cm³/mol. The highest BCUT2D eigenvalue weighted by Gasteiger charge is 2.49. The first-order chi connectivity index (χ1) is 14.0. The highest BCUT2D eigenvalue weighted by Crippen LogP contribution is 2.43. The molecule has 2 amide bonds. The van der Waals surface area contributed by atoms with Gasteiger partial charge < -0.3 is 9.80 Å². The average Bonchev–Trinajstić information content (AvgIpc) is 3.38. The zero-order chi connectivity index (χ0) is 20.4. The number of benzene rings is 1. The van der Waals surface area contributed by atoms with Gasteiger partial charge in [-0.2, -0.15) is 0 Å². The summed E-state index contributed by atoms with van der Waals surface area (Å²) in [5.74, 6) is 0.167. The Bertz CT molecular complexity index is 856. The summed E-state index contributed by atoms with van der Waals surface area (Å²) in [5, 5.41) is 7.66. The van der Waals surface area contributed by atoms with Crippen LogP contribution in [0.4, 0.5) is 0 Å². The molecule has 4 rings (SSSR count). The molecule has 7 heteroatoms. The minimum Gasteiger partial charge on any atom is -0.338 e. The van der Waals surface area contributed by atoms with E-state index in [2.05, 4.69) is 15.1 Å². The number of hydrogen-bond acceptors (Lipinski definition) is 4. The summed E-state index contributed by atoms with van der Waals surface area (Å²) in [7, 11) is 0. The van der Waals surface area contributed by atoms with Crippen molar-refractivity contribution in [2.24, 2.45) is 0 Å². The van der Waals surface area contributed by atoms with Crippen molar-refractivity contribution < 1.29 is 9.59 Å². The summed E-state index contributed by atoms with van der Waals surface area (Å²) >= 11 is 0. The van der Waals surface area contributed by atoms with Gasteiger partial charge in [-0.1, -0.05) is 19.3 Å². The van der Waals surface area contributed by atoms with E-state index in [9.17, 15) is 9.59 Å². The van der Waals surface area contributed by atoms with Crippen molar-refractivity contribution in [1.29, 1.82) is 0 Å². The lowest BCUT2D eigenvalue weighted by atomic mass is 9.79. The van der Waals surface area contributed by atoms with Crippen molar-refractivity contribution in [3.8, 4) is 5.69 Å². The van der Waals surface area contributed by atoms with E-state index < -0.39 is 0 Å². The molecule has 154 valence electrons. The first kappa shape index (κ1) is 19.6. The molecule has 1 aliphatic carbocycles. The van der Waals surface area contributed by atoms with E-state index in [0.29, 0.717) is 18.7 Å². The van der Waals surface area contributed by atoms with Crippen LogP contribution >= 0.6 is 0 Å². The van der Waals surface area contributed by atoms with Crippen LogP contribution in [0.15, 0.2) is 36.9 Å². The van der Waals surface area contributed by atoms with Crippen LogP contribution in [0, 0.1) is 0 Å². The molecule has 0 N–H and O–H groups in total. The molecule has 0 bridgehead atoms. The van der Waals surface area contributed by atoms with Gasteiger partial charge in [-0.25, -0.2) is 0 Å². The summed E-state index contributed by atoms with van der Waals surface area (Å²) in [4.78, 5) is 29.7. The third-order valence-electron chi connectivity index (χ3n) is 6.63. The predicted octanol–water partition coefficient (Wildman–Crippen LogP) is 3.05. The molecule has 0 radical (unpaired) electrons. The Morgan fingerprint density at radius 1 is 1.10 bits per heavy atom. The molecule has 29 heavy (non-hydrogen) atoms. The third-order valence-corrected chi connectivity index (χ3v) is 6.63. The molecule has 2 aromatic rings. The highest BCUT2D eigenvalue weighted by molar-refractivity contribution is 5.95. The Balaban J connectivity index is 1.60. The fraction of sp³-hybridized carbons (Fsp3) is 0.545. The quantitative estimate of drug-likeness (QED) is 0.798. The lowest BCUT2D eigenvalue weighted by Crippen LogP contribution is -2.48. The van der Waals surface area contributed by atoms with E-state index in [-0.39, 0.29) is 23.4 Å². The molecular formula is C22H29N5O2. The van der Waals surface area contributed by atoms with Crippen LogP contribution < -0.4 is 0 Å². The van der Waals surface area contributed by atoms with Crippen LogP contribution in [-0.4, -0.2) is 61.0 Å². The van der Waals surface area contributed by atoms with Crippen molar-refractivity contribution in [3.05, 3.63) is 42.5 Å². The zero-order valence-electron chi connectivity index (χ0n) is 17.3. The van der Waals surface area contributed by atoms with E-state index in [1.54, 1.807) is 19.6 Å². The Morgan fingerprint density at radius 2 is 1.76 bits per heavy atom. The molecule has 7 nitrogen and oxygen atoms in total. The molecule has 2 heterocycles. The van der Waals surface area contributed by atoms with E-state index in [1.165, 1.54) is 6.42 Å². The highest BCUT2D eigenvalue weighted by atomic mass is 16.2. The van der Waals surface area contributed by atoms with Crippen molar-refractivity contribution in [3.63, 3.8) is 0 Å². The van der Waals surface area contributed by atoms with Gasteiger partial charge in [0.15, 0.2) is 0 Å². The van der Waals surface area contributed by atoms with Gasteiger partial charge in [0, 0.05) is 36.8 Å². The van der Waals surface area contributed by atoms with E-state index in [4.69, 9.17) is 0 Å². The van der Waals surface area contributed by atoms with Crippen LogP contribution in [0.2, 0.25) is 0 Å². The summed E-state index contributed by atoms with van der Waals surface area (Å²) in [6.45, 7) is 4.96. The van der Waals surface area contributed by atoms with Gasteiger partial charge in [-0.05, 0) is 50.5 Å². The van der Waals surface area contributed by atoms with E-state index >= 15 is 0 Å². The molecule has 2 fully saturated rings. The minimum absolute atomic E-state index is 0.0734. The number of hydrogen-bond donors (Lipinski definition) is 0. The van der Waals surface area contributed by atoms with Gasteiger partial charge in [0.1, 0.15) is 12.7 Å². The second kappa shape index (κ2) is 7.97. The second-order valence-electron chi connectivity index (χ2n) is 8.28. The Hall–Kier alpha value is -2.70. The fourth-order valence-corrected chi connectivity index (χ4v) is 5.21. The number of nitrogens with zero attached hydrogens (tertiary/aromatic N) is 5. The van der Waals surface area contributed by atoms with Gasteiger partial charge >= 0.3 is 0 Å². The standard InChI is InChI=1S/C22H29N5O2/c1-3-26(17(2)28)20-13-22(11-5-4-6-12-22)27(14-20)21(29)18-7-9-19(10-8-18)25-15-23-24-16-25/h7-10,15-16,20H,3-6,11-14H2,1-2H3. The molecule has 1 saturated heterocycles. The van der Waals surface area contributed by atoms with Gasteiger partial charge in [0.05, 0.1) is 6.04 Å². The Labute approximate surface area is 171 Å². The maximum absolute atomic E-state index is 13.5. The summed E-state index contributed by atoms with van der Waals surface area (Å²) < 4.78 is 1.81. The zero-order valence-corrected chi connectivity index (χ0v) is 17.3. The maximum atomic E-state index is 13.5. The Kier molecular flexibility index (Phi) is 5.39. The lowest BCUT2D eigenvalue weighted by Gasteiger charge is -2.41. The summed E-state index contributed by atoms with van der Waals surface area (Å²) in [5.41, 5.74) is 1.50. The van der Waals surface area contributed by atoms with Crippen molar-refractivity contribution >= 4 is 11.8 Å². The maximum Gasteiger partial charge on any atom is 0.254 e. The molecule has 1 spiro atoms. The third kappa shape index (κ3) is 3.66. The van der Waals surface area contributed by atoms with Crippen LogP contribution in [0.5, 0.6) is 0 Å². The SMILES string of the molecule is CCN(C(C)=O)C1CN(C(=O)c2ccc(-n3cnnc3)cc2)C2(CCCCC2)C1. The van der Waals surface area contributed by atoms with E-state index in [1.807, 2.05) is 40.7 Å². The number of carbonyl (C=O) groups excluding carboxylic acids is 2. The molecular weight excluding hydrogens is 366 g/mol. The monoisotopic (exact) mass is 395 g/mol. The summed E-state index contributed by atoms with van der Waals surface area (Å²) in [6, 6.07) is 7.71. The van der Waals surface area contributed by atoms with Crippen LogP contribution in [0.3, 0.4) is 0 Å². The van der Waals surface area contributed by atoms with Crippen LogP contribution in [0.25, 0.3) is 5.69 Å². The van der Waals surface area contributed by atoms with Crippen molar-refractivity contribution in [2.45, 2.75) is 64.0 Å². The molecule has 1 unspecified atom stereocenters. The van der Waals surface area contributed by atoms with Gasteiger partial charge in [-0.3, -0.25) is 14.2 Å². The second-order valence-corrected chi connectivity index (χ2v) is 8.28. The molecule has 1 saturated carbocycles. The molecule has 1 aromatic carbocycles. The topological polar surface area (TPSA) is 71.3 Å². The summed E-state index contributed by atoms with van der Waals surface area (Å²) in [6.07, 6.45) is 9.76. The first-order valence-electron chi connectivity index (χ1n) is 10.6. The number of carbonyl (C=O) groups is 2. The van der Waals surface area contributed by atoms with Gasteiger partial charge in [0.2, 0.25) is 5.91 Å². The minimum atomic E-state index is -0.115. The molecule has 1 atom stereocenters. The normalized spacial score (nSPS) is 20.8. The lowest BCUT2D eigenvalue weighted by molar-refractivity contribution is -0.130. The van der Waals surface area contributed by atoms with Gasteiger partial charge in [-0.15, -0.1) is 10.2 Å². The number of amides is 2. The van der Waals surface area contributed by atoms with Gasteiger partial charge in [0.25, 0.3) is 5.91 Å². The number of likely N-dealkylation sites (tertiary alicyclic amines) is 1. The molecule has 1 aromatic heterocycles. The number of rotatable bonds is 4. The largest absolute Gasteiger partial charge is 0.338 e. The number of likely N-dealkylation sites (N-methyl/N-ethyl adjacent to an activating group) is 1. The fourth-order valence-electron chi connectivity index (χ4n) is 5.21. The van der Waals surface area contributed by atoms with Crippen molar-refractivity contribution in [2.75, 3.05) is 13.1 Å². The van der Waals surface area contributed by atoms with Crippen LogP contribution in [-0.2, 0) is 4.79 Å². The smallest absolute Gasteiger partial charge is 0.254 e. The Morgan fingerprint density at radius 3 is 2.34 bits per heavy atom. The average molecular weight is 396 g/mol. The molecule has 1 aliphatic heterocycles. The van der Waals surface area contributed by atoms with Crippen molar-refractivity contribution in [1.82, 2.24) is 24.6 Å². The van der Waals surface area contributed by atoms with Crippen LogP contribution in [0.1, 0.15) is 62.7 Å². The van der Waals surface area contributed by atoms with E-state index in [0.717, 1.165) is 37.8 Å². The molecule has 2 aliphatic rings.